The Bertz CT molecular complexity index is 4260. The van der Waals surface area contributed by atoms with E-state index in [0.29, 0.717) is 0 Å². The lowest BCUT2D eigenvalue weighted by atomic mass is 9.82. The van der Waals surface area contributed by atoms with E-state index in [0.717, 1.165) is 44.2 Å². The highest BCUT2D eigenvalue weighted by molar-refractivity contribution is 6.12. The molecule has 2 aromatic heterocycles. The summed E-state index contributed by atoms with van der Waals surface area (Å²) in [6.45, 7) is 4.73. The van der Waals surface area contributed by atoms with Gasteiger partial charge >= 0.3 is 0 Å². The summed E-state index contributed by atoms with van der Waals surface area (Å²) in [5, 5.41) is 12.1. The Hall–Kier alpha value is -8.40. The molecule has 2 heterocycles. The molecule has 0 radical (unpaired) electrons. The minimum absolute atomic E-state index is 0.119. The van der Waals surface area contributed by atoms with Crippen LogP contribution in [0.3, 0.4) is 0 Å². The fraction of sp³-hybridized carbons (Fsp3) is 0.0476. The van der Waals surface area contributed by atoms with Crippen molar-refractivity contribution in [3.63, 3.8) is 0 Å². The van der Waals surface area contributed by atoms with E-state index in [1.807, 2.05) is 0 Å². The van der Waals surface area contributed by atoms with Crippen molar-refractivity contribution in [1.82, 2.24) is 13.7 Å². The van der Waals surface area contributed by atoms with Gasteiger partial charge in [0, 0.05) is 55.0 Å². The lowest BCUT2D eigenvalue weighted by molar-refractivity contribution is 0.660. The predicted molar refractivity (Wildman–Crippen MR) is 280 cm³/mol. The van der Waals surface area contributed by atoms with Gasteiger partial charge in [0.1, 0.15) is 0 Å². The first kappa shape index (κ1) is 37.0. The van der Waals surface area contributed by atoms with Crippen molar-refractivity contribution < 1.29 is 0 Å². The molecule has 0 fully saturated rings. The van der Waals surface area contributed by atoms with Gasteiger partial charge in [-0.15, -0.1) is 0 Å². The van der Waals surface area contributed by atoms with Crippen molar-refractivity contribution in [3.8, 4) is 28.2 Å². The molecule has 0 amide bonds. The van der Waals surface area contributed by atoms with E-state index < -0.39 is 0 Å². The van der Waals surface area contributed by atoms with Crippen LogP contribution in [-0.4, -0.2) is 13.7 Å². The van der Waals surface area contributed by atoms with Gasteiger partial charge in [0.2, 0.25) is 0 Å². The van der Waals surface area contributed by atoms with Crippen molar-refractivity contribution in [3.05, 3.63) is 236 Å². The zero-order valence-corrected chi connectivity index (χ0v) is 36.7. The topological polar surface area (TPSA) is 14.8 Å². The van der Waals surface area contributed by atoms with Crippen molar-refractivity contribution in [1.29, 1.82) is 0 Å². The van der Waals surface area contributed by atoms with Crippen LogP contribution in [0.25, 0.3) is 115 Å². The quantitative estimate of drug-likeness (QED) is 0.157. The Morgan fingerprint density at radius 2 is 0.803 bits per heavy atom. The van der Waals surface area contributed by atoms with E-state index in [-0.39, 0.29) is 5.41 Å². The minimum atomic E-state index is -0.119. The van der Waals surface area contributed by atoms with Crippen molar-refractivity contribution in [2.24, 2.45) is 0 Å². The third-order valence-corrected chi connectivity index (χ3v) is 14.6. The molecule has 0 spiro atoms. The second-order valence-corrected chi connectivity index (χ2v) is 18.6. The molecular formula is C63H43N3. The number of rotatable bonds is 3. The van der Waals surface area contributed by atoms with Gasteiger partial charge in [-0.1, -0.05) is 153 Å². The standard InChI is InChI=1S/C63H43N3/c1-63(2)58-21-7-5-19-52(58)53-32-30-49(38-59(53)63)64-45-16-9-14-43(34-45)44-15-10-17-46(35-44)65(48-29-27-42-25-24-41-26-28-47(64)36-56(41)57(42)37-48)50-31-33-55-54-20-6-8-22-61(54)66(62(55)39-50)60-23-11-13-40-12-3-4-18-51(40)60/h3-39H,1-2H3. The van der Waals surface area contributed by atoms with Crippen LogP contribution in [0.2, 0.25) is 0 Å². The number of hydrogen-bond acceptors (Lipinski definition) is 0. The maximum absolute atomic E-state index is 2.46. The molecule has 1 aliphatic rings. The van der Waals surface area contributed by atoms with Gasteiger partial charge in [-0.3, -0.25) is 0 Å². The van der Waals surface area contributed by atoms with Crippen LogP contribution < -0.4 is 0 Å². The Balaban J connectivity index is 1.08. The molecule has 0 atom stereocenters. The SMILES string of the molecule is CC1(C)c2ccccc2-c2ccc(-n3c4cccc(c4)c4cccc(c4)n(-c4ccc5c6ccccc6n(-c6cccc7ccccc67)c5c4)c4ccc5ccc6ccc3cc6c5c4)cc21. The number of benzene rings is 11. The van der Waals surface area contributed by atoms with Gasteiger partial charge in [0.05, 0.1) is 16.7 Å². The van der Waals surface area contributed by atoms with Crippen molar-refractivity contribution >= 4 is 87.0 Å². The first-order valence-electron chi connectivity index (χ1n) is 23.0. The highest BCUT2D eigenvalue weighted by Crippen LogP contribution is 2.49. The van der Waals surface area contributed by atoms with Gasteiger partial charge < -0.3 is 13.7 Å². The largest absolute Gasteiger partial charge is 0.310 e. The summed E-state index contributed by atoms with van der Waals surface area (Å²) in [4.78, 5) is 0. The summed E-state index contributed by atoms with van der Waals surface area (Å²) in [7, 11) is 0. The van der Waals surface area contributed by atoms with E-state index in [1.165, 1.54) is 82.1 Å². The number of fused-ring (bicyclic) bond motifs is 14. The summed E-state index contributed by atoms with van der Waals surface area (Å²) >= 11 is 0. The Morgan fingerprint density at radius 3 is 1.55 bits per heavy atom. The molecule has 0 saturated heterocycles. The highest BCUT2D eigenvalue weighted by Gasteiger charge is 2.35. The average molecular weight is 842 g/mol. The van der Waals surface area contributed by atoms with E-state index in [4.69, 9.17) is 0 Å². The van der Waals surface area contributed by atoms with Crippen LogP contribution in [-0.2, 0) is 5.41 Å². The molecule has 13 aromatic rings. The maximum atomic E-state index is 2.46. The number of para-hydroxylation sites is 1. The van der Waals surface area contributed by atoms with Gasteiger partial charge in [-0.05, 0) is 145 Å². The fourth-order valence-electron chi connectivity index (χ4n) is 11.4. The minimum Gasteiger partial charge on any atom is -0.310 e. The second kappa shape index (κ2) is 13.8. The molecule has 3 heteroatoms. The van der Waals surface area contributed by atoms with E-state index in [9.17, 15) is 0 Å². The summed E-state index contributed by atoms with van der Waals surface area (Å²) in [5.41, 5.74) is 15.5. The van der Waals surface area contributed by atoms with E-state index >= 15 is 0 Å². The van der Waals surface area contributed by atoms with Crippen LogP contribution in [0, 0.1) is 0 Å². The van der Waals surface area contributed by atoms with Crippen molar-refractivity contribution in [2.45, 2.75) is 19.3 Å². The smallest absolute Gasteiger partial charge is 0.0562 e. The molecule has 0 aliphatic heterocycles. The summed E-state index contributed by atoms with van der Waals surface area (Å²) in [6, 6.07) is 83.9. The first-order valence-corrected chi connectivity index (χ1v) is 23.0. The first-order chi connectivity index (χ1) is 32.5. The normalized spacial score (nSPS) is 13.1. The lowest BCUT2D eigenvalue weighted by Crippen LogP contribution is -2.15. The fourth-order valence-corrected chi connectivity index (χ4v) is 11.4. The zero-order valence-electron chi connectivity index (χ0n) is 36.7. The van der Waals surface area contributed by atoms with Crippen LogP contribution in [0.15, 0.2) is 224 Å². The lowest BCUT2D eigenvalue weighted by Gasteiger charge is -2.22. The maximum Gasteiger partial charge on any atom is 0.0562 e. The zero-order chi connectivity index (χ0) is 43.7. The van der Waals surface area contributed by atoms with Gasteiger partial charge in [-0.25, -0.2) is 0 Å². The predicted octanol–water partition coefficient (Wildman–Crippen LogP) is 16.7. The third kappa shape index (κ3) is 5.38. The molecule has 14 rings (SSSR count). The highest BCUT2D eigenvalue weighted by atomic mass is 15.0. The number of aromatic nitrogens is 3. The van der Waals surface area contributed by atoms with E-state index in [2.05, 4.69) is 252 Å². The summed E-state index contributed by atoms with van der Waals surface area (Å²) < 4.78 is 7.37. The Morgan fingerprint density at radius 1 is 0.288 bits per heavy atom. The Kier molecular flexibility index (Phi) is 7.74. The number of hydrogen-bond donors (Lipinski definition) is 0. The molecule has 66 heavy (non-hydrogen) atoms. The molecule has 8 bridgehead atoms. The van der Waals surface area contributed by atoms with Gasteiger partial charge in [0.15, 0.2) is 0 Å². The monoisotopic (exact) mass is 841 g/mol. The molecule has 0 saturated carbocycles. The van der Waals surface area contributed by atoms with Crippen LogP contribution in [0.4, 0.5) is 0 Å². The number of nitrogens with zero attached hydrogens (tertiary/aromatic N) is 3. The van der Waals surface area contributed by atoms with Gasteiger partial charge in [-0.2, -0.15) is 0 Å². The van der Waals surface area contributed by atoms with Crippen molar-refractivity contribution in [2.75, 3.05) is 0 Å². The second-order valence-electron chi connectivity index (χ2n) is 18.6. The molecule has 0 N–H and O–H groups in total. The average Bonchev–Trinajstić information content (AvgIpc) is 3.81. The molecule has 3 nitrogen and oxygen atoms in total. The van der Waals surface area contributed by atoms with Crippen LogP contribution in [0.5, 0.6) is 0 Å². The van der Waals surface area contributed by atoms with E-state index in [1.54, 1.807) is 0 Å². The molecule has 310 valence electrons. The van der Waals surface area contributed by atoms with Gasteiger partial charge in [0.25, 0.3) is 0 Å². The third-order valence-electron chi connectivity index (χ3n) is 14.6. The van der Waals surface area contributed by atoms with Crippen LogP contribution in [0.1, 0.15) is 25.0 Å². The summed E-state index contributed by atoms with van der Waals surface area (Å²) in [6.07, 6.45) is 0. The Labute approximate surface area is 382 Å². The molecule has 0 unspecified atom stereocenters. The molecule has 11 aromatic carbocycles. The molecular weight excluding hydrogens is 799 g/mol. The molecule has 1 aliphatic carbocycles. The van der Waals surface area contributed by atoms with Crippen LogP contribution >= 0.6 is 0 Å². The summed E-state index contributed by atoms with van der Waals surface area (Å²) in [5.74, 6) is 0.